The maximum atomic E-state index is 12.2. The monoisotopic (exact) mass is 418 g/mol. The van der Waals surface area contributed by atoms with Gasteiger partial charge in [-0.3, -0.25) is 9.48 Å². The fourth-order valence-corrected chi connectivity index (χ4v) is 3.42. The van der Waals surface area contributed by atoms with Crippen LogP contribution in [0.25, 0.3) is 0 Å². The number of nitrogens with one attached hydrogen (secondary N) is 1. The smallest absolute Gasteiger partial charge is 0.339 e. The molecule has 0 radical (unpaired) electrons. The lowest BCUT2D eigenvalue weighted by Gasteiger charge is -2.06. The Balaban J connectivity index is 1.62. The highest BCUT2D eigenvalue weighted by Crippen LogP contribution is 2.18. The minimum Gasteiger partial charge on any atom is -0.379 e. The lowest BCUT2D eigenvalue weighted by atomic mass is 10.2. The molecule has 0 bridgehead atoms. The average Bonchev–Trinajstić information content (AvgIpc) is 3.02. The summed E-state index contributed by atoms with van der Waals surface area (Å²) < 4.78 is 30.9. The molecule has 0 fully saturated rings. The van der Waals surface area contributed by atoms with Crippen molar-refractivity contribution in [1.82, 2.24) is 15.2 Å². The van der Waals surface area contributed by atoms with E-state index < -0.39 is 16.0 Å². The summed E-state index contributed by atoms with van der Waals surface area (Å²) in [5.41, 5.74) is 3.01. The number of rotatable bonds is 6. The Kier molecular flexibility index (Phi) is 5.76. The summed E-state index contributed by atoms with van der Waals surface area (Å²) in [6.07, 6.45) is 2.90. The molecule has 2 aromatic carbocycles. The van der Waals surface area contributed by atoms with Crippen molar-refractivity contribution in [1.29, 1.82) is 0 Å². The van der Waals surface area contributed by atoms with Gasteiger partial charge in [-0.2, -0.15) is 18.6 Å². The second-order valence-corrected chi connectivity index (χ2v) is 7.57. The van der Waals surface area contributed by atoms with Gasteiger partial charge in [0.25, 0.3) is 5.91 Å². The molecule has 0 unspecified atom stereocenters. The van der Waals surface area contributed by atoms with Crippen molar-refractivity contribution in [2.75, 3.05) is 0 Å². The first-order valence-electron chi connectivity index (χ1n) is 7.97. The highest BCUT2D eigenvalue weighted by Gasteiger charge is 2.16. The molecule has 0 saturated carbocycles. The van der Waals surface area contributed by atoms with E-state index in [4.69, 9.17) is 15.8 Å². The standard InChI is InChI=1S/C18H15ClN4O4S/c1-23-12-16(19)17(22-23)18(24)21-20-11-13-7-9-14(10-8-13)27-28(25,26)15-5-3-2-4-6-15/h2-12H,1H3,(H,21,24)/b20-11+. The summed E-state index contributed by atoms with van der Waals surface area (Å²) >= 11 is 5.89. The minimum atomic E-state index is -3.90. The molecule has 144 valence electrons. The molecule has 8 nitrogen and oxygen atoms in total. The lowest BCUT2D eigenvalue weighted by Crippen LogP contribution is -2.18. The van der Waals surface area contributed by atoms with E-state index in [0.717, 1.165) is 0 Å². The molecule has 0 spiro atoms. The van der Waals surface area contributed by atoms with Gasteiger partial charge in [-0.05, 0) is 42.0 Å². The molecule has 1 aromatic heterocycles. The summed E-state index contributed by atoms with van der Waals surface area (Å²) in [6.45, 7) is 0. The SMILES string of the molecule is Cn1cc(Cl)c(C(=O)N/N=C/c2ccc(OS(=O)(=O)c3ccccc3)cc2)n1. The van der Waals surface area contributed by atoms with Crippen molar-refractivity contribution in [3.05, 3.63) is 77.1 Å². The lowest BCUT2D eigenvalue weighted by molar-refractivity contribution is 0.0949. The zero-order valence-corrected chi connectivity index (χ0v) is 16.2. The van der Waals surface area contributed by atoms with Gasteiger partial charge in [0.15, 0.2) is 5.69 Å². The number of halogens is 1. The van der Waals surface area contributed by atoms with E-state index in [1.165, 1.54) is 41.4 Å². The number of amides is 1. The molecule has 28 heavy (non-hydrogen) atoms. The first-order valence-corrected chi connectivity index (χ1v) is 9.76. The predicted molar refractivity (Wildman–Crippen MR) is 104 cm³/mol. The largest absolute Gasteiger partial charge is 0.379 e. The van der Waals surface area contributed by atoms with Crippen LogP contribution in [-0.4, -0.2) is 30.3 Å². The van der Waals surface area contributed by atoms with Crippen LogP contribution in [0.15, 0.2) is 70.8 Å². The third-order valence-electron chi connectivity index (χ3n) is 3.50. The van der Waals surface area contributed by atoms with Gasteiger partial charge in [0.05, 0.1) is 11.2 Å². The van der Waals surface area contributed by atoms with Crippen molar-refractivity contribution in [3.63, 3.8) is 0 Å². The maximum Gasteiger partial charge on any atom is 0.339 e. The summed E-state index contributed by atoms with van der Waals surface area (Å²) in [5, 5.41) is 7.98. The van der Waals surface area contributed by atoms with E-state index in [1.807, 2.05) is 0 Å². The number of hydrogen-bond acceptors (Lipinski definition) is 6. The van der Waals surface area contributed by atoms with Crippen LogP contribution >= 0.6 is 11.6 Å². The third kappa shape index (κ3) is 4.76. The second kappa shape index (κ2) is 8.24. The van der Waals surface area contributed by atoms with Gasteiger partial charge >= 0.3 is 10.1 Å². The molecule has 3 rings (SSSR count). The normalized spacial score (nSPS) is 11.5. The van der Waals surface area contributed by atoms with Crippen molar-refractivity contribution >= 4 is 33.8 Å². The van der Waals surface area contributed by atoms with E-state index in [0.29, 0.717) is 5.56 Å². The van der Waals surface area contributed by atoms with Crippen LogP contribution in [-0.2, 0) is 17.2 Å². The number of aromatic nitrogens is 2. The Labute approximate surface area is 166 Å². The average molecular weight is 419 g/mol. The highest BCUT2D eigenvalue weighted by molar-refractivity contribution is 7.87. The predicted octanol–water partition coefficient (Wildman–Crippen LogP) is 2.61. The van der Waals surface area contributed by atoms with Crippen LogP contribution in [0.3, 0.4) is 0 Å². The molecule has 3 aromatic rings. The number of nitrogens with zero attached hydrogens (tertiary/aromatic N) is 3. The molecule has 10 heteroatoms. The van der Waals surface area contributed by atoms with Crippen molar-refractivity contribution in [2.24, 2.45) is 12.1 Å². The topological polar surface area (TPSA) is 103 Å². The zero-order valence-electron chi connectivity index (χ0n) is 14.6. The molecule has 0 atom stereocenters. The van der Waals surface area contributed by atoms with Crippen LogP contribution in [0.5, 0.6) is 5.75 Å². The fraction of sp³-hybridized carbons (Fsp3) is 0.0556. The molecule has 0 aliphatic rings. The van der Waals surface area contributed by atoms with Crippen molar-refractivity contribution in [2.45, 2.75) is 4.90 Å². The van der Waals surface area contributed by atoms with Crippen LogP contribution < -0.4 is 9.61 Å². The van der Waals surface area contributed by atoms with E-state index in [1.54, 1.807) is 37.4 Å². The van der Waals surface area contributed by atoms with Gasteiger partial charge in [-0.1, -0.05) is 29.8 Å². The molecular weight excluding hydrogens is 404 g/mol. The molecule has 0 aliphatic heterocycles. The van der Waals surface area contributed by atoms with Gasteiger partial charge < -0.3 is 4.18 Å². The Morgan fingerprint density at radius 1 is 1.18 bits per heavy atom. The first-order chi connectivity index (χ1) is 13.3. The van der Waals surface area contributed by atoms with Crippen LogP contribution in [0, 0.1) is 0 Å². The number of hydrogen-bond donors (Lipinski definition) is 1. The first kappa shape index (κ1) is 19.6. The molecule has 0 aliphatic carbocycles. The molecule has 1 amide bonds. The fourth-order valence-electron chi connectivity index (χ4n) is 2.20. The number of hydrazone groups is 1. The van der Waals surface area contributed by atoms with E-state index in [2.05, 4.69) is 15.6 Å². The van der Waals surface area contributed by atoms with Gasteiger partial charge in [-0.25, -0.2) is 5.43 Å². The van der Waals surface area contributed by atoms with Crippen molar-refractivity contribution in [3.8, 4) is 5.75 Å². The van der Waals surface area contributed by atoms with E-state index in [-0.39, 0.29) is 21.4 Å². The maximum absolute atomic E-state index is 12.2. The Hall–Kier alpha value is -3.17. The number of benzene rings is 2. The zero-order chi connectivity index (χ0) is 20.1. The van der Waals surface area contributed by atoms with Gasteiger partial charge in [0.1, 0.15) is 10.6 Å². The second-order valence-electron chi connectivity index (χ2n) is 5.62. The molecular formula is C18H15ClN4O4S. The minimum absolute atomic E-state index is 0.0659. The highest BCUT2D eigenvalue weighted by atomic mass is 35.5. The van der Waals surface area contributed by atoms with E-state index >= 15 is 0 Å². The Morgan fingerprint density at radius 3 is 2.46 bits per heavy atom. The number of carbonyl (C=O) groups excluding carboxylic acids is 1. The van der Waals surface area contributed by atoms with Crippen LogP contribution in [0.4, 0.5) is 0 Å². The van der Waals surface area contributed by atoms with Gasteiger partial charge in [0, 0.05) is 13.2 Å². The summed E-state index contributed by atoms with van der Waals surface area (Å²) in [6, 6.07) is 14.0. The van der Waals surface area contributed by atoms with Gasteiger partial charge in [-0.15, -0.1) is 0 Å². The number of carbonyl (C=O) groups is 1. The Morgan fingerprint density at radius 2 is 1.86 bits per heavy atom. The van der Waals surface area contributed by atoms with E-state index in [9.17, 15) is 13.2 Å². The summed E-state index contributed by atoms with van der Waals surface area (Å²) in [7, 11) is -2.25. The third-order valence-corrected chi connectivity index (χ3v) is 5.03. The van der Waals surface area contributed by atoms with Gasteiger partial charge in [0.2, 0.25) is 0 Å². The summed E-state index contributed by atoms with van der Waals surface area (Å²) in [5.74, 6) is -0.388. The molecule has 0 saturated heterocycles. The van der Waals surface area contributed by atoms with Crippen LogP contribution in [0.2, 0.25) is 5.02 Å². The van der Waals surface area contributed by atoms with Crippen LogP contribution in [0.1, 0.15) is 16.1 Å². The Bertz CT molecular complexity index is 1110. The molecule has 1 heterocycles. The quantitative estimate of drug-likeness (QED) is 0.376. The molecule has 1 N–H and O–H groups in total. The van der Waals surface area contributed by atoms with Crippen molar-refractivity contribution < 1.29 is 17.4 Å². The summed E-state index contributed by atoms with van der Waals surface area (Å²) in [4.78, 5) is 12.0. The number of aryl methyl sites for hydroxylation is 1.